The monoisotopic (exact) mass is 267 g/mol. The van der Waals surface area contributed by atoms with Crippen LogP contribution in [0.3, 0.4) is 0 Å². The Kier molecular flexibility index (Phi) is 5.04. The Morgan fingerprint density at radius 1 is 1.39 bits per heavy atom. The summed E-state index contributed by atoms with van der Waals surface area (Å²) in [5, 5.41) is 13.9. The minimum absolute atomic E-state index is 0.0807. The molecule has 0 heterocycles. The molecule has 1 aliphatic carbocycles. The first kappa shape index (κ1) is 13.9. The number of aliphatic hydroxyl groups is 1. The van der Waals surface area contributed by atoms with Gasteiger partial charge < -0.3 is 10.4 Å². The number of benzene rings is 1. The molecule has 2 atom stereocenters. The maximum absolute atomic E-state index is 9.63. The van der Waals surface area contributed by atoms with Crippen LogP contribution in [0, 0.1) is 12.8 Å². The molecule has 2 nitrogen and oxygen atoms in total. The first-order valence-electron chi connectivity index (χ1n) is 6.79. The molecule has 0 spiro atoms. The third-order valence-electron chi connectivity index (χ3n) is 3.81. The highest BCUT2D eigenvalue weighted by Crippen LogP contribution is 2.23. The maximum atomic E-state index is 9.63. The van der Waals surface area contributed by atoms with Crippen LogP contribution in [-0.2, 0) is 6.54 Å². The predicted molar refractivity (Wildman–Crippen MR) is 75.9 cm³/mol. The number of nitrogens with one attached hydrogen (secondary N) is 1. The van der Waals surface area contributed by atoms with Crippen LogP contribution in [0.4, 0.5) is 0 Å². The van der Waals surface area contributed by atoms with Crippen molar-refractivity contribution in [1.29, 1.82) is 0 Å². The zero-order valence-electron chi connectivity index (χ0n) is 11.0. The molecule has 1 saturated carbocycles. The number of rotatable bonds is 4. The summed E-state index contributed by atoms with van der Waals surface area (Å²) in [6.45, 7) is 3.97. The van der Waals surface area contributed by atoms with Crippen molar-refractivity contribution in [2.75, 3.05) is 6.54 Å². The Hall–Kier alpha value is -0.570. The molecule has 3 heteroatoms. The van der Waals surface area contributed by atoms with Gasteiger partial charge in [-0.15, -0.1) is 0 Å². The van der Waals surface area contributed by atoms with Crippen molar-refractivity contribution in [2.45, 2.75) is 45.3 Å². The maximum Gasteiger partial charge on any atom is 0.0543 e. The molecule has 2 unspecified atom stereocenters. The van der Waals surface area contributed by atoms with E-state index in [9.17, 15) is 5.11 Å². The zero-order chi connectivity index (χ0) is 13.0. The van der Waals surface area contributed by atoms with Crippen LogP contribution in [-0.4, -0.2) is 17.8 Å². The quantitative estimate of drug-likeness (QED) is 0.877. The Morgan fingerprint density at radius 2 is 2.22 bits per heavy atom. The minimum Gasteiger partial charge on any atom is -0.393 e. The Bertz CT molecular complexity index is 394. The molecule has 1 fully saturated rings. The minimum atomic E-state index is -0.0807. The molecule has 18 heavy (non-hydrogen) atoms. The van der Waals surface area contributed by atoms with Crippen molar-refractivity contribution in [2.24, 2.45) is 5.92 Å². The molecule has 2 N–H and O–H groups in total. The van der Waals surface area contributed by atoms with Crippen LogP contribution in [0.1, 0.15) is 36.8 Å². The van der Waals surface area contributed by atoms with Crippen LogP contribution >= 0.6 is 11.6 Å². The molecule has 0 aromatic heterocycles. The van der Waals surface area contributed by atoms with Gasteiger partial charge in [-0.25, -0.2) is 0 Å². The lowest BCUT2D eigenvalue weighted by Gasteiger charge is -2.26. The number of aryl methyl sites for hydroxylation is 1. The number of hydrogen-bond donors (Lipinski definition) is 2. The second-order valence-corrected chi connectivity index (χ2v) is 5.82. The summed E-state index contributed by atoms with van der Waals surface area (Å²) in [4.78, 5) is 0. The standard InChI is InChI=1S/C15H22ClNO/c1-11-7-14(16)6-5-13(11)10-17-9-12-3-2-4-15(18)8-12/h5-7,12,15,17-18H,2-4,8-10H2,1H3. The van der Waals surface area contributed by atoms with Gasteiger partial charge in [0.05, 0.1) is 6.10 Å². The van der Waals surface area contributed by atoms with E-state index in [0.29, 0.717) is 5.92 Å². The van der Waals surface area contributed by atoms with Gasteiger partial charge in [-0.3, -0.25) is 0 Å². The third-order valence-corrected chi connectivity index (χ3v) is 4.04. The van der Waals surface area contributed by atoms with E-state index in [2.05, 4.69) is 18.3 Å². The van der Waals surface area contributed by atoms with Crippen molar-refractivity contribution in [1.82, 2.24) is 5.32 Å². The predicted octanol–water partition coefficient (Wildman–Crippen LogP) is 3.29. The summed E-state index contributed by atoms with van der Waals surface area (Å²) in [7, 11) is 0. The third kappa shape index (κ3) is 3.98. The van der Waals surface area contributed by atoms with Gasteiger partial charge in [0.15, 0.2) is 0 Å². The summed E-state index contributed by atoms with van der Waals surface area (Å²) < 4.78 is 0. The average molecular weight is 268 g/mol. The van der Waals surface area contributed by atoms with Crippen molar-refractivity contribution in [3.05, 3.63) is 34.3 Å². The Balaban J connectivity index is 1.77. The molecule has 2 rings (SSSR count). The number of halogens is 1. The fourth-order valence-electron chi connectivity index (χ4n) is 2.72. The molecule has 0 amide bonds. The van der Waals surface area contributed by atoms with Crippen LogP contribution in [0.5, 0.6) is 0 Å². The van der Waals surface area contributed by atoms with Gasteiger partial charge in [0.1, 0.15) is 0 Å². The van der Waals surface area contributed by atoms with Crippen molar-refractivity contribution < 1.29 is 5.11 Å². The molecule has 1 aliphatic rings. The van der Waals surface area contributed by atoms with Crippen LogP contribution < -0.4 is 5.32 Å². The fourth-order valence-corrected chi connectivity index (χ4v) is 2.94. The lowest BCUT2D eigenvalue weighted by Crippen LogP contribution is -2.29. The van der Waals surface area contributed by atoms with Crippen molar-refractivity contribution >= 4 is 11.6 Å². The van der Waals surface area contributed by atoms with E-state index in [4.69, 9.17) is 11.6 Å². The van der Waals surface area contributed by atoms with Gasteiger partial charge >= 0.3 is 0 Å². The van der Waals surface area contributed by atoms with E-state index >= 15 is 0 Å². The second-order valence-electron chi connectivity index (χ2n) is 5.39. The van der Waals surface area contributed by atoms with E-state index in [-0.39, 0.29) is 6.10 Å². The molecular formula is C15H22ClNO. The topological polar surface area (TPSA) is 32.3 Å². The van der Waals surface area contributed by atoms with E-state index in [1.165, 1.54) is 17.5 Å². The van der Waals surface area contributed by atoms with Crippen LogP contribution in [0.2, 0.25) is 5.02 Å². The molecule has 0 aliphatic heterocycles. The van der Waals surface area contributed by atoms with Gasteiger partial charge in [0.25, 0.3) is 0 Å². The molecule has 0 bridgehead atoms. The molecule has 0 radical (unpaired) electrons. The number of aliphatic hydroxyl groups excluding tert-OH is 1. The Labute approximate surface area is 114 Å². The van der Waals surface area contributed by atoms with Crippen LogP contribution in [0.15, 0.2) is 18.2 Å². The summed E-state index contributed by atoms with van der Waals surface area (Å²) in [6, 6.07) is 6.03. The summed E-state index contributed by atoms with van der Waals surface area (Å²) in [5.74, 6) is 0.626. The van der Waals surface area contributed by atoms with E-state index in [1.807, 2.05) is 12.1 Å². The van der Waals surface area contributed by atoms with Gasteiger partial charge in [-0.2, -0.15) is 0 Å². The molecular weight excluding hydrogens is 246 g/mol. The normalized spacial score (nSPS) is 24.2. The highest BCUT2D eigenvalue weighted by Gasteiger charge is 2.19. The van der Waals surface area contributed by atoms with Gasteiger partial charge in [-0.05, 0) is 61.9 Å². The zero-order valence-corrected chi connectivity index (χ0v) is 11.7. The van der Waals surface area contributed by atoms with E-state index in [0.717, 1.165) is 37.4 Å². The van der Waals surface area contributed by atoms with Crippen LogP contribution in [0.25, 0.3) is 0 Å². The summed E-state index contributed by atoms with van der Waals surface area (Å²) in [5.41, 5.74) is 2.54. The average Bonchev–Trinajstić information content (AvgIpc) is 2.32. The molecule has 100 valence electrons. The first-order valence-corrected chi connectivity index (χ1v) is 7.17. The van der Waals surface area contributed by atoms with Gasteiger partial charge in [-0.1, -0.05) is 24.1 Å². The number of hydrogen-bond acceptors (Lipinski definition) is 2. The smallest absolute Gasteiger partial charge is 0.0543 e. The van der Waals surface area contributed by atoms with Gasteiger partial charge in [0.2, 0.25) is 0 Å². The van der Waals surface area contributed by atoms with E-state index < -0.39 is 0 Å². The first-order chi connectivity index (χ1) is 8.65. The summed E-state index contributed by atoms with van der Waals surface area (Å²) >= 11 is 5.94. The van der Waals surface area contributed by atoms with Crippen molar-refractivity contribution in [3.8, 4) is 0 Å². The van der Waals surface area contributed by atoms with E-state index in [1.54, 1.807) is 0 Å². The lowest BCUT2D eigenvalue weighted by atomic mass is 9.87. The fraction of sp³-hybridized carbons (Fsp3) is 0.600. The Morgan fingerprint density at radius 3 is 2.94 bits per heavy atom. The molecule has 1 aromatic rings. The second kappa shape index (κ2) is 6.55. The largest absolute Gasteiger partial charge is 0.393 e. The lowest BCUT2D eigenvalue weighted by molar-refractivity contribution is 0.101. The molecule has 0 saturated heterocycles. The van der Waals surface area contributed by atoms with Crippen molar-refractivity contribution in [3.63, 3.8) is 0 Å². The highest BCUT2D eigenvalue weighted by atomic mass is 35.5. The highest BCUT2D eigenvalue weighted by molar-refractivity contribution is 6.30. The summed E-state index contributed by atoms with van der Waals surface area (Å²) in [6.07, 6.45) is 4.25. The van der Waals surface area contributed by atoms with Gasteiger partial charge in [0, 0.05) is 11.6 Å². The molecule has 1 aromatic carbocycles. The SMILES string of the molecule is Cc1cc(Cl)ccc1CNCC1CCCC(O)C1.